The lowest BCUT2D eigenvalue weighted by Gasteiger charge is -2.05. The molecule has 0 aromatic carbocycles. The first-order valence-corrected chi connectivity index (χ1v) is 4.20. The van der Waals surface area contributed by atoms with Crippen LogP contribution in [-0.4, -0.2) is 49.8 Å². The summed E-state index contributed by atoms with van der Waals surface area (Å²) in [4.78, 5) is 23.6. The van der Waals surface area contributed by atoms with Gasteiger partial charge in [0.25, 0.3) is 0 Å². The van der Waals surface area contributed by atoms with Crippen molar-refractivity contribution in [2.45, 2.75) is 20.3 Å². The van der Waals surface area contributed by atoms with Crippen molar-refractivity contribution in [1.82, 2.24) is 9.80 Å². The van der Waals surface area contributed by atoms with Crippen molar-refractivity contribution in [2.24, 2.45) is 0 Å². The number of nitrogens with zero attached hydrogens (tertiary/aromatic N) is 2. The highest BCUT2D eigenvalue weighted by Gasteiger charge is 1.95. The van der Waals surface area contributed by atoms with Crippen molar-refractivity contribution in [3.63, 3.8) is 0 Å². The molecule has 0 radical (unpaired) electrons. The number of rotatable bonds is 1. The van der Waals surface area contributed by atoms with Crippen LogP contribution in [0.5, 0.6) is 0 Å². The van der Waals surface area contributed by atoms with Gasteiger partial charge in [-0.3, -0.25) is 9.59 Å². The maximum Gasteiger partial charge on any atom is 0.221 e. The smallest absolute Gasteiger partial charge is 0.221 e. The summed E-state index contributed by atoms with van der Waals surface area (Å²) in [7, 11) is 6.96. The molecule has 2 amide bonds. The van der Waals surface area contributed by atoms with Crippen LogP contribution in [0.15, 0.2) is 0 Å². The molecule has 13 heavy (non-hydrogen) atoms. The summed E-state index contributed by atoms with van der Waals surface area (Å²) < 4.78 is 0. The summed E-state index contributed by atoms with van der Waals surface area (Å²) in [5, 5.41) is 0. The van der Waals surface area contributed by atoms with E-state index in [2.05, 4.69) is 0 Å². The largest absolute Gasteiger partial charge is 0.349 e. The second kappa shape index (κ2) is 7.58. The van der Waals surface area contributed by atoms with Gasteiger partial charge in [-0.1, -0.05) is 6.92 Å². The molecule has 0 unspecified atom stereocenters. The van der Waals surface area contributed by atoms with Gasteiger partial charge >= 0.3 is 0 Å². The molecule has 0 heterocycles. The van der Waals surface area contributed by atoms with Crippen LogP contribution in [0.3, 0.4) is 0 Å². The van der Waals surface area contributed by atoms with E-state index in [0.29, 0.717) is 6.42 Å². The first kappa shape index (κ1) is 14.5. The van der Waals surface area contributed by atoms with E-state index in [0.717, 1.165) is 0 Å². The Hall–Kier alpha value is -1.06. The molecule has 0 N–H and O–H groups in total. The van der Waals surface area contributed by atoms with Crippen LogP contribution in [-0.2, 0) is 9.59 Å². The Balaban J connectivity index is 0. The normalized spacial score (nSPS) is 8.15. The van der Waals surface area contributed by atoms with Crippen molar-refractivity contribution in [1.29, 1.82) is 0 Å². The highest BCUT2D eigenvalue weighted by Crippen LogP contribution is 1.81. The molecule has 0 aromatic rings. The summed E-state index contributed by atoms with van der Waals surface area (Å²) in [5.74, 6) is 0.273. The Labute approximate surface area is 80.5 Å². The molecule has 4 nitrogen and oxygen atoms in total. The summed E-state index contributed by atoms with van der Waals surface area (Å²) in [6.45, 7) is 3.38. The average Bonchev–Trinajstić information content (AvgIpc) is 2.03. The lowest BCUT2D eigenvalue weighted by atomic mass is 10.4. The van der Waals surface area contributed by atoms with E-state index in [1.165, 1.54) is 11.8 Å². The number of amides is 2. The van der Waals surface area contributed by atoms with E-state index in [-0.39, 0.29) is 11.8 Å². The van der Waals surface area contributed by atoms with Crippen LogP contribution >= 0.6 is 0 Å². The lowest BCUT2D eigenvalue weighted by molar-refractivity contribution is -0.128. The van der Waals surface area contributed by atoms with E-state index in [1.807, 2.05) is 6.92 Å². The predicted molar refractivity (Wildman–Crippen MR) is 53.4 cm³/mol. The van der Waals surface area contributed by atoms with Crippen LogP contribution < -0.4 is 0 Å². The van der Waals surface area contributed by atoms with Crippen LogP contribution in [0.1, 0.15) is 20.3 Å². The van der Waals surface area contributed by atoms with Gasteiger partial charge in [0.05, 0.1) is 0 Å². The Bertz CT molecular complexity index is 165. The molecule has 0 atom stereocenters. The van der Waals surface area contributed by atoms with Crippen molar-refractivity contribution >= 4 is 11.8 Å². The average molecular weight is 188 g/mol. The molecule has 0 aliphatic carbocycles. The van der Waals surface area contributed by atoms with Crippen molar-refractivity contribution in [3.8, 4) is 0 Å². The molecule has 0 bridgehead atoms. The molecule has 0 spiro atoms. The molecular weight excluding hydrogens is 168 g/mol. The van der Waals surface area contributed by atoms with E-state index >= 15 is 0 Å². The summed E-state index contributed by atoms with van der Waals surface area (Å²) in [6.07, 6.45) is 0.604. The zero-order valence-electron chi connectivity index (χ0n) is 9.42. The van der Waals surface area contributed by atoms with Gasteiger partial charge in [-0.05, 0) is 0 Å². The molecule has 0 aliphatic heterocycles. The number of carbonyl (C=O) groups excluding carboxylic acids is 2. The minimum atomic E-state index is 0.0926. The van der Waals surface area contributed by atoms with E-state index in [4.69, 9.17) is 0 Å². The fraction of sp³-hybridized carbons (Fsp3) is 0.778. The van der Waals surface area contributed by atoms with Crippen molar-refractivity contribution in [3.05, 3.63) is 0 Å². The van der Waals surface area contributed by atoms with Crippen LogP contribution in [0, 0.1) is 0 Å². The maximum absolute atomic E-state index is 10.4. The molecule has 78 valence electrons. The van der Waals surface area contributed by atoms with Gasteiger partial charge in [-0.15, -0.1) is 0 Å². The zero-order valence-corrected chi connectivity index (χ0v) is 9.42. The minimum Gasteiger partial charge on any atom is -0.349 e. The lowest BCUT2D eigenvalue weighted by Crippen LogP contribution is -2.19. The Kier molecular flexibility index (Phi) is 8.44. The molecule has 0 saturated carbocycles. The number of hydrogen-bond donors (Lipinski definition) is 0. The van der Waals surface area contributed by atoms with Crippen LogP contribution in [0.2, 0.25) is 0 Å². The monoisotopic (exact) mass is 188 g/mol. The number of hydrogen-bond acceptors (Lipinski definition) is 2. The Morgan fingerprint density at radius 1 is 1.00 bits per heavy atom. The van der Waals surface area contributed by atoms with E-state index in [9.17, 15) is 9.59 Å². The second-order valence-corrected chi connectivity index (χ2v) is 3.06. The highest BCUT2D eigenvalue weighted by molar-refractivity contribution is 5.75. The topological polar surface area (TPSA) is 40.6 Å². The quantitative estimate of drug-likeness (QED) is 0.604. The van der Waals surface area contributed by atoms with E-state index in [1.54, 1.807) is 33.1 Å². The summed E-state index contributed by atoms with van der Waals surface area (Å²) >= 11 is 0. The first-order valence-electron chi connectivity index (χ1n) is 4.20. The third kappa shape index (κ3) is 10.9. The van der Waals surface area contributed by atoms with Gasteiger partial charge in [-0.25, -0.2) is 0 Å². The van der Waals surface area contributed by atoms with Gasteiger partial charge in [-0.2, -0.15) is 0 Å². The van der Waals surface area contributed by atoms with Gasteiger partial charge < -0.3 is 9.80 Å². The molecule has 4 heteroatoms. The fourth-order valence-electron chi connectivity index (χ4n) is 0.316. The van der Waals surface area contributed by atoms with Crippen molar-refractivity contribution < 1.29 is 9.59 Å². The summed E-state index contributed by atoms with van der Waals surface area (Å²) in [6, 6.07) is 0. The van der Waals surface area contributed by atoms with Gasteiger partial charge in [0.15, 0.2) is 0 Å². The molecule has 0 aromatic heterocycles. The predicted octanol–water partition coefficient (Wildman–Crippen LogP) is 0.579. The van der Waals surface area contributed by atoms with Gasteiger partial charge in [0.1, 0.15) is 0 Å². The highest BCUT2D eigenvalue weighted by atomic mass is 16.2. The molecule has 0 saturated heterocycles. The maximum atomic E-state index is 10.4. The minimum absolute atomic E-state index is 0.0926. The molecule has 0 fully saturated rings. The standard InChI is InChI=1S/C5H11NO.C4H9NO/c1-4-5(7)6(2)3;1-4(6)5(2)3/h4H2,1-3H3;1-3H3. The molecule has 0 rings (SSSR count). The number of carbonyl (C=O) groups is 2. The Morgan fingerprint density at radius 3 is 1.31 bits per heavy atom. The van der Waals surface area contributed by atoms with Gasteiger partial charge in [0, 0.05) is 41.5 Å². The summed E-state index contributed by atoms with van der Waals surface area (Å²) in [5.41, 5.74) is 0. The SMILES string of the molecule is CC(=O)N(C)C.CCC(=O)N(C)C. The fourth-order valence-corrected chi connectivity index (χ4v) is 0.316. The van der Waals surface area contributed by atoms with Gasteiger partial charge in [0.2, 0.25) is 11.8 Å². The Morgan fingerprint density at radius 2 is 1.31 bits per heavy atom. The first-order chi connectivity index (χ1) is 5.82. The van der Waals surface area contributed by atoms with Crippen molar-refractivity contribution in [2.75, 3.05) is 28.2 Å². The van der Waals surface area contributed by atoms with E-state index < -0.39 is 0 Å². The van der Waals surface area contributed by atoms with Crippen LogP contribution in [0.4, 0.5) is 0 Å². The zero-order chi connectivity index (χ0) is 11.0. The molecule has 0 aliphatic rings. The third-order valence-corrected chi connectivity index (χ3v) is 1.43. The third-order valence-electron chi connectivity index (χ3n) is 1.43. The second-order valence-electron chi connectivity index (χ2n) is 3.06. The molecular formula is C9H20N2O2. The van der Waals surface area contributed by atoms with Crippen LogP contribution in [0.25, 0.3) is 0 Å².